The zero-order valence-electron chi connectivity index (χ0n) is 11.2. The van der Waals surface area contributed by atoms with Crippen molar-refractivity contribution in [2.24, 2.45) is 0 Å². The van der Waals surface area contributed by atoms with Crippen molar-refractivity contribution in [3.05, 3.63) is 27.4 Å². The Balaban J connectivity index is 1.74. The van der Waals surface area contributed by atoms with Crippen LogP contribution < -0.4 is 5.32 Å². The Hall–Kier alpha value is -0.320. The molecule has 1 N–H and O–H groups in total. The highest BCUT2D eigenvalue weighted by Gasteiger charge is 2.40. The minimum absolute atomic E-state index is 0.0644. The number of hydrogen-bond donors (Lipinski definition) is 1. The van der Waals surface area contributed by atoms with E-state index in [1.807, 2.05) is 0 Å². The molecule has 1 aliphatic heterocycles. The number of rotatable bonds is 2. The largest absolute Gasteiger partial charge is 0.380 e. The molecule has 1 spiro atoms. The second-order valence-electron chi connectivity index (χ2n) is 5.82. The summed E-state index contributed by atoms with van der Waals surface area (Å²) in [4.78, 5) is 0. The lowest BCUT2D eigenvalue weighted by Crippen LogP contribution is -2.42. The zero-order chi connectivity index (χ0) is 14.2. The minimum Gasteiger partial charge on any atom is -0.380 e. The Kier molecular flexibility index (Phi) is 4.25. The van der Waals surface area contributed by atoms with Gasteiger partial charge in [0.2, 0.25) is 0 Å². The summed E-state index contributed by atoms with van der Waals surface area (Å²) < 4.78 is 20.0. The molecule has 1 saturated carbocycles. The summed E-state index contributed by atoms with van der Waals surface area (Å²) in [5.41, 5.74) is 0.850. The van der Waals surface area contributed by atoms with Crippen LogP contribution >= 0.6 is 27.5 Å². The highest BCUT2D eigenvalue weighted by molar-refractivity contribution is 9.10. The van der Waals surface area contributed by atoms with Gasteiger partial charge in [0.05, 0.1) is 16.3 Å². The molecule has 1 aromatic carbocycles. The number of nitrogens with one attached hydrogen (secondary N) is 1. The molecule has 0 aromatic heterocycles. The molecule has 0 radical (unpaired) electrons. The standard InChI is InChI=1S/C15H18BrClFNO/c16-12-7-10(18)8-13(17)14(12)19-11-3-6-20-15(9-11)4-1-2-5-15/h7-8,11,19H,1-6,9H2. The normalized spacial score (nSPS) is 25.1. The van der Waals surface area contributed by atoms with E-state index in [-0.39, 0.29) is 11.4 Å². The van der Waals surface area contributed by atoms with E-state index in [0.29, 0.717) is 15.5 Å². The second-order valence-corrected chi connectivity index (χ2v) is 7.08. The highest BCUT2D eigenvalue weighted by Crippen LogP contribution is 2.41. The summed E-state index contributed by atoms with van der Waals surface area (Å²) in [6, 6.07) is 3.12. The highest BCUT2D eigenvalue weighted by atomic mass is 79.9. The summed E-state index contributed by atoms with van der Waals surface area (Å²) >= 11 is 9.52. The maximum Gasteiger partial charge on any atom is 0.125 e. The van der Waals surface area contributed by atoms with E-state index >= 15 is 0 Å². The van der Waals surface area contributed by atoms with Gasteiger partial charge in [-0.15, -0.1) is 0 Å². The summed E-state index contributed by atoms with van der Waals surface area (Å²) in [5.74, 6) is -0.327. The molecule has 3 rings (SSSR count). The molecule has 2 nitrogen and oxygen atoms in total. The summed E-state index contributed by atoms with van der Waals surface area (Å²) in [5, 5.41) is 3.89. The van der Waals surface area contributed by atoms with Crippen LogP contribution in [0.15, 0.2) is 16.6 Å². The van der Waals surface area contributed by atoms with Crippen molar-refractivity contribution >= 4 is 33.2 Å². The second kappa shape index (κ2) is 5.82. The van der Waals surface area contributed by atoms with Crippen LogP contribution in [-0.2, 0) is 4.74 Å². The van der Waals surface area contributed by atoms with Crippen molar-refractivity contribution in [1.29, 1.82) is 0 Å². The van der Waals surface area contributed by atoms with Crippen LogP contribution in [0.1, 0.15) is 38.5 Å². The fourth-order valence-electron chi connectivity index (χ4n) is 3.40. The van der Waals surface area contributed by atoms with Crippen LogP contribution in [0.4, 0.5) is 10.1 Å². The SMILES string of the molecule is Fc1cc(Cl)c(NC2CCOC3(CCCC3)C2)c(Br)c1. The van der Waals surface area contributed by atoms with Crippen molar-refractivity contribution in [2.45, 2.75) is 50.2 Å². The van der Waals surface area contributed by atoms with Crippen molar-refractivity contribution in [3.8, 4) is 0 Å². The third-order valence-corrected chi connectivity index (χ3v) is 5.29. The molecule has 1 aromatic rings. The number of ether oxygens (including phenoxy) is 1. The smallest absolute Gasteiger partial charge is 0.125 e. The van der Waals surface area contributed by atoms with E-state index in [4.69, 9.17) is 16.3 Å². The summed E-state index contributed by atoms with van der Waals surface area (Å²) in [6.45, 7) is 0.786. The minimum atomic E-state index is -0.327. The van der Waals surface area contributed by atoms with Gasteiger partial charge in [0.15, 0.2) is 0 Å². The Morgan fingerprint density at radius 2 is 2.10 bits per heavy atom. The predicted molar refractivity (Wildman–Crippen MR) is 82.9 cm³/mol. The van der Waals surface area contributed by atoms with Crippen molar-refractivity contribution in [3.63, 3.8) is 0 Å². The third-order valence-electron chi connectivity index (χ3n) is 4.36. The molecule has 1 unspecified atom stereocenters. The zero-order valence-corrected chi connectivity index (χ0v) is 13.6. The van der Waals surface area contributed by atoms with Gasteiger partial charge in [-0.1, -0.05) is 24.4 Å². The number of hydrogen-bond acceptors (Lipinski definition) is 2. The predicted octanol–water partition coefficient (Wildman–Crippen LogP) is 5.15. The van der Waals surface area contributed by atoms with Crippen LogP contribution in [0.25, 0.3) is 0 Å². The van der Waals surface area contributed by atoms with E-state index in [0.717, 1.165) is 38.0 Å². The van der Waals surface area contributed by atoms with Gasteiger partial charge < -0.3 is 10.1 Å². The average Bonchev–Trinajstić information content (AvgIpc) is 2.82. The van der Waals surface area contributed by atoms with E-state index in [9.17, 15) is 4.39 Å². The van der Waals surface area contributed by atoms with Crippen LogP contribution in [0.3, 0.4) is 0 Å². The molecular formula is C15H18BrClFNO. The van der Waals surface area contributed by atoms with E-state index in [1.165, 1.54) is 25.0 Å². The Labute approximate surface area is 132 Å². The van der Waals surface area contributed by atoms with Gasteiger partial charge in [-0.2, -0.15) is 0 Å². The summed E-state index contributed by atoms with van der Waals surface area (Å²) in [6.07, 6.45) is 6.80. The third kappa shape index (κ3) is 2.97. The van der Waals surface area contributed by atoms with Crippen molar-refractivity contribution < 1.29 is 9.13 Å². The maximum atomic E-state index is 13.3. The van der Waals surface area contributed by atoms with Gasteiger partial charge in [-0.25, -0.2) is 4.39 Å². The first-order valence-corrected chi connectivity index (χ1v) is 8.30. The van der Waals surface area contributed by atoms with Crippen molar-refractivity contribution in [2.75, 3.05) is 11.9 Å². The molecule has 1 aliphatic carbocycles. The van der Waals surface area contributed by atoms with E-state index in [2.05, 4.69) is 21.2 Å². The molecule has 110 valence electrons. The molecule has 1 saturated heterocycles. The molecule has 20 heavy (non-hydrogen) atoms. The molecule has 2 aliphatic rings. The molecular weight excluding hydrogens is 345 g/mol. The number of benzene rings is 1. The molecule has 1 heterocycles. The van der Waals surface area contributed by atoms with E-state index < -0.39 is 0 Å². The lowest BCUT2D eigenvalue weighted by molar-refractivity contribution is -0.0767. The first-order chi connectivity index (χ1) is 9.58. The quantitative estimate of drug-likeness (QED) is 0.786. The molecule has 5 heteroatoms. The van der Waals surface area contributed by atoms with Gasteiger partial charge in [-0.05, 0) is 53.7 Å². The van der Waals surface area contributed by atoms with Gasteiger partial charge in [0.1, 0.15) is 5.82 Å². The van der Waals surface area contributed by atoms with Gasteiger partial charge >= 0.3 is 0 Å². The Bertz CT molecular complexity index is 482. The number of halogens is 3. The van der Waals surface area contributed by atoms with Gasteiger partial charge in [-0.3, -0.25) is 0 Å². The van der Waals surface area contributed by atoms with Gasteiger partial charge in [0.25, 0.3) is 0 Å². The summed E-state index contributed by atoms with van der Waals surface area (Å²) in [7, 11) is 0. The maximum absolute atomic E-state index is 13.3. The molecule has 0 amide bonds. The topological polar surface area (TPSA) is 21.3 Å². The molecule has 2 fully saturated rings. The molecule has 0 bridgehead atoms. The van der Waals surface area contributed by atoms with Gasteiger partial charge in [0, 0.05) is 17.1 Å². The first kappa shape index (κ1) is 14.6. The average molecular weight is 363 g/mol. The Morgan fingerprint density at radius 1 is 1.35 bits per heavy atom. The monoisotopic (exact) mass is 361 g/mol. The fourth-order valence-corrected chi connectivity index (χ4v) is 4.32. The van der Waals surface area contributed by atoms with Crippen LogP contribution in [-0.4, -0.2) is 18.2 Å². The fraction of sp³-hybridized carbons (Fsp3) is 0.600. The Morgan fingerprint density at radius 3 is 2.80 bits per heavy atom. The van der Waals surface area contributed by atoms with Crippen molar-refractivity contribution in [1.82, 2.24) is 0 Å². The van der Waals surface area contributed by atoms with Crippen LogP contribution in [0.5, 0.6) is 0 Å². The molecule has 1 atom stereocenters. The lowest BCUT2D eigenvalue weighted by Gasteiger charge is -2.39. The van der Waals surface area contributed by atoms with Crippen LogP contribution in [0.2, 0.25) is 5.02 Å². The van der Waals surface area contributed by atoms with Crippen LogP contribution in [0, 0.1) is 5.82 Å². The lowest BCUT2D eigenvalue weighted by atomic mass is 9.89. The van der Waals surface area contributed by atoms with E-state index in [1.54, 1.807) is 0 Å². The number of anilines is 1. The first-order valence-electron chi connectivity index (χ1n) is 7.13.